The summed E-state index contributed by atoms with van der Waals surface area (Å²) in [4.78, 5) is 0.615. The predicted molar refractivity (Wildman–Crippen MR) is 89.4 cm³/mol. The van der Waals surface area contributed by atoms with Crippen LogP contribution in [0.5, 0.6) is 0 Å². The molecule has 1 atom stereocenters. The number of nitrogens with two attached hydrogens (primary N) is 1. The Bertz CT molecular complexity index is 888. The second kappa shape index (κ2) is 7.16. The van der Waals surface area contributed by atoms with E-state index in [1.165, 1.54) is 12.3 Å². The normalized spacial score (nSPS) is 21.2. The Morgan fingerprint density at radius 3 is 2.63 bits per heavy atom. The zero-order chi connectivity index (χ0) is 19.8. The maximum atomic E-state index is 14.2. The van der Waals surface area contributed by atoms with Gasteiger partial charge in [-0.1, -0.05) is 0 Å². The van der Waals surface area contributed by atoms with Crippen LogP contribution < -0.4 is 5.73 Å². The molecule has 0 radical (unpaired) electrons. The number of benzene rings is 1. The van der Waals surface area contributed by atoms with E-state index in [1.54, 1.807) is 4.90 Å². The highest BCUT2D eigenvalue weighted by Crippen LogP contribution is 2.33. The van der Waals surface area contributed by atoms with Crippen molar-refractivity contribution >= 4 is 9.84 Å². The Balaban J connectivity index is 1.91. The summed E-state index contributed by atoms with van der Waals surface area (Å²) in [6.45, 7) is 2.02. The summed E-state index contributed by atoms with van der Waals surface area (Å²) < 4.78 is 83.0. The van der Waals surface area contributed by atoms with Crippen LogP contribution in [0.1, 0.15) is 12.0 Å². The summed E-state index contributed by atoms with van der Waals surface area (Å²) in [6, 6.07) is 1.35. The van der Waals surface area contributed by atoms with E-state index in [0.717, 1.165) is 6.42 Å². The third kappa shape index (κ3) is 4.27. The summed E-state index contributed by atoms with van der Waals surface area (Å²) >= 11 is 0. The lowest BCUT2D eigenvalue weighted by Crippen LogP contribution is -2.32. The Morgan fingerprint density at radius 2 is 2.04 bits per heavy atom. The van der Waals surface area contributed by atoms with Crippen LogP contribution >= 0.6 is 0 Å². The fourth-order valence-electron chi connectivity index (χ4n) is 3.07. The molecule has 0 unspecified atom stereocenters. The maximum absolute atomic E-state index is 14.2. The molecule has 0 saturated carbocycles. The van der Waals surface area contributed by atoms with Gasteiger partial charge in [0, 0.05) is 31.0 Å². The van der Waals surface area contributed by atoms with Crippen molar-refractivity contribution in [3.63, 3.8) is 0 Å². The van der Waals surface area contributed by atoms with Crippen LogP contribution in [0.3, 0.4) is 0 Å². The van der Waals surface area contributed by atoms with Gasteiger partial charge in [0.05, 0.1) is 23.6 Å². The Morgan fingerprint density at radius 1 is 1.30 bits per heavy atom. The molecular weight excluding hydrogens is 388 g/mol. The molecule has 0 aromatic heterocycles. The fourth-order valence-corrected chi connectivity index (χ4v) is 4.48. The largest absolute Gasteiger partial charge is 0.416 e. The zero-order valence-electron chi connectivity index (χ0n) is 14.2. The molecule has 5 nitrogen and oxygen atoms in total. The molecule has 27 heavy (non-hydrogen) atoms. The summed E-state index contributed by atoms with van der Waals surface area (Å²) in [7, 11) is -4.36. The van der Waals surface area contributed by atoms with Gasteiger partial charge in [-0.05, 0) is 30.7 Å². The first-order chi connectivity index (χ1) is 12.6. The highest BCUT2D eigenvalue weighted by atomic mass is 32.2. The van der Waals surface area contributed by atoms with Gasteiger partial charge in [0.15, 0.2) is 0 Å². The second-order valence-corrected chi connectivity index (χ2v) is 8.47. The van der Waals surface area contributed by atoms with E-state index in [4.69, 9.17) is 10.5 Å². The van der Waals surface area contributed by atoms with E-state index in [2.05, 4.69) is 0 Å². The standard InChI is InChI=1S/C17H18F4N2O3S/c18-15-5-12(17(19,20)21)1-2-16(15)27(24,25)14-6-13(22)8-23(9-14)7-11-3-4-26-10-11/h1-2,5-6,9,11H,3-4,7-8,10,22H2/t11-/m1/s1. The molecule has 148 valence electrons. The number of nitrogens with zero attached hydrogens (tertiary/aromatic N) is 1. The van der Waals surface area contributed by atoms with Gasteiger partial charge in [-0.3, -0.25) is 0 Å². The van der Waals surface area contributed by atoms with E-state index in [9.17, 15) is 26.0 Å². The lowest BCUT2D eigenvalue weighted by atomic mass is 10.1. The predicted octanol–water partition coefficient (Wildman–Crippen LogP) is 2.65. The molecule has 0 aliphatic carbocycles. The first-order valence-corrected chi connectivity index (χ1v) is 9.67. The van der Waals surface area contributed by atoms with Gasteiger partial charge < -0.3 is 15.4 Å². The molecule has 2 aliphatic rings. The van der Waals surface area contributed by atoms with Gasteiger partial charge in [0.2, 0.25) is 9.84 Å². The van der Waals surface area contributed by atoms with Crippen molar-refractivity contribution < 1.29 is 30.7 Å². The average molecular weight is 406 g/mol. The third-order valence-electron chi connectivity index (χ3n) is 4.40. The molecule has 10 heteroatoms. The first kappa shape index (κ1) is 19.7. The molecule has 2 N–H and O–H groups in total. The van der Waals surface area contributed by atoms with Gasteiger partial charge in [0.1, 0.15) is 10.7 Å². The average Bonchev–Trinajstić information content (AvgIpc) is 3.06. The van der Waals surface area contributed by atoms with Gasteiger partial charge >= 0.3 is 6.18 Å². The lowest BCUT2D eigenvalue weighted by Gasteiger charge is -2.27. The number of halogens is 4. The van der Waals surface area contributed by atoms with Crippen molar-refractivity contribution in [1.29, 1.82) is 0 Å². The number of rotatable bonds is 4. The van der Waals surface area contributed by atoms with Gasteiger partial charge in [-0.2, -0.15) is 13.2 Å². The topological polar surface area (TPSA) is 72.6 Å². The number of sulfone groups is 1. The molecule has 2 heterocycles. The van der Waals surface area contributed by atoms with Gasteiger partial charge in [-0.25, -0.2) is 12.8 Å². The minimum Gasteiger partial charge on any atom is -0.401 e. The Hall–Kier alpha value is -2.07. The molecule has 2 aliphatic heterocycles. The van der Waals surface area contributed by atoms with Crippen molar-refractivity contribution in [2.45, 2.75) is 17.5 Å². The molecule has 1 fully saturated rings. The van der Waals surface area contributed by atoms with E-state index in [0.29, 0.717) is 38.4 Å². The van der Waals surface area contributed by atoms with Crippen LogP contribution in [0.25, 0.3) is 0 Å². The van der Waals surface area contributed by atoms with Crippen molar-refractivity contribution in [2.75, 3.05) is 26.3 Å². The third-order valence-corrected chi connectivity index (χ3v) is 6.15. The van der Waals surface area contributed by atoms with Crippen LogP contribution in [0.15, 0.2) is 46.0 Å². The first-order valence-electron chi connectivity index (χ1n) is 8.19. The minimum atomic E-state index is -4.77. The second-order valence-electron chi connectivity index (χ2n) is 6.56. The van der Waals surface area contributed by atoms with Crippen LogP contribution in [0.4, 0.5) is 17.6 Å². The maximum Gasteiger partial charge on any atom is 0.416 e. The molecular formula is C17H18F4N2O3S. The van der Waals surface area contributed by atoms with E-state index < -0.39 is 32.3 Å². The van der Waals surface area contributed by atoms with Crippen LogP contribution in [-0.4, -0.2) is 39.6 Å². The van der Waals surface area contributed by atoms with E-state index in [-0.39, 0.29) is 22.6 Å². The van der Waals surface area contributed by atoms with Crippen molar-refractivity contribution in [3.8, 4) is 0 Å². The quantitative estimate of drug-likeness (QED) is 0.779. The molecule has 0 amide bonds. The summed E-state index contributed by atoms with van der Waals surface area (Å²) in [5.41, 5.74) is 4.84. The van der Waals surface area contributed by atoms with E-state index in [1.807, 2.05) is 0 Å². The van der Waals surface area contributed by atoms with Crippen LogP contribution in [-0.2, 0) is 20.8 Å². The van der Waals surface area contributed by atoms with Gasteiger partial charge in [-0.15, -0.1) is 0 Å². The molecule has 3 rings (SSSR count). The number of hydrogen-bond donors (Lipinski definition) is 1. The minimum absolute atomic E-state index is 0.178. The molecule has 0 spiro atoms. The Kier molecular flexibility index (Phi) is 5.22. The molecule has 1 aromatic carbocycles. The van der Waals surface area contributed by atoms with Gasteiger partial charge in [0.25, 0.3) is 0 Å². The number of ether oxygens (including phenoxy) is 1. The van der Waals surface area contributed by atoms with E-state index >= 15 is 0 Å². The summed E-state index contributed by atoms with van der Waals surface area (Å²) in [5, 5.41) is 0. The Labute approximate surface area is 154 Å². The van der Waals surface area contributed by atoms with Crippen molar-refractivity contribution in [2.24, 2.45) is 11.7 Å². The van der Waals surface area contributed by atoms with Crippen molar-refractivity contribution in [3.05, 3.63) is 52.5 Å². The smallest absolute Gasteiger partial charge is 0.401 e. The number of allylic oxidation sites excluding steroid dienone is 1. The van der Waals surface area contributed by atoms with Crippen LogP contribution in [0.2, 0.25) is 0 Å². The van der Waals surface area contributed by atoms with Crippen LogP contribution in [0, 0.1) is 11.7 Å². The molecule has 1 aromatic rings. The number of hydrogen-bond acceptors (Lipinski definition) is 5. The molecule has 0 bridgehead atoms. The highest BCUT2D eigenvalue weighted by Gasteiger charge is 2.33. The summed E-state index contributed by atoms with van der Waals surface area (Å²) in [6.07, 6.45) is -1.38. The molecule has 1 saturated heterocycles. The number of alkyl halides is 3. The lowest BCUT2D eigenvalue weighted by molar-refractivity contribution is -0.137. The SMILES string of the molecule is NC1=CC(S(=O)(=O)c2ccc(C(F)(F)F)cc2F)=CN(C[C@H]2CCOC2)C1. The fraction of sp³-hybridized carbons (Fsp3) is 0.412. The zero-order valence-corrected chi connectivity index (χ0v) is 15.0. The summed E-state index contributed by atoms with van der Waals surface area (Å²) in [5.74, 6) is -1.24. The monoisotopic (exact) mass is 406 g/mol. The van der Waals surface area contributed by atoms with Crippen molar-refractivity contribution in [1.82, 2.24) is 4.90 Å². The highest BCUT2D eigenvalue weighted by molar-refractivity contribution is 7.95.